The van der Waals surface area contributed by atoms with Crippen molar-refractivity contribution in [2.75, 3.05) is 21.2 Å². The lowest BCUT2D eigenvalue weighted by molar-refractivity contribution is -0.135. The number of hydrogen-bond acceptors (Lipinski definition) is 9. The fourth-order valence-electron chi connectivity index (χ4n) is 2.43. The lowest BCUT2D eigenvalue weighted by atomic mass is 9.95. The van der Waals surface area contributed by atoms with E-state index >= 15 is 0 Å². The van der Waals surface area contributed by atoms with Crippen LogP contribution in [0.1, 0.15) is 27.2 Å². The van der Waals surface area contributed by atoms with Crippen LogP contribution in [0.15, 0.2) is 50.9 Å². The van der Waals surface area contributed by atoms with Gasteiger partial charge >= 0.3 is 5.97 Å². The second-order valence-corrected chi connectivity index (χ2v) is 5.96. The minimum Gasteiger partial charge on any atom is -0.465 e. The number of carbonyl (C=O) groups excluding carboxylic acids is 3. The molecule has 0 bridgehead atoms. The molecule has 0 aromatic heterocycles. The maximum absolute atomic E-state index is 12.7. The van der Waals surface area contributed by atoms with Crippen LogP contribution in [0, 0.1) is 5.92 Å². The van der Waals surface area contributed by atoms with Crippen LogP contribution in [0.2, 0.25) is 0 Å². The van der Waals surface area contributed by atoms with Gasteiger partial charge in [-0.2, -0.15) is 0 Å². The van der Waals surface area contributed by atoms with Gasteiger partial charge in [-0.05, 0) is 29.7 Å². The number of nitrogens with one attached hydrogen (secondary N) is 1. The maximum atomic E-state index is 12.7. The first-order valence-electron chi connectivity index (χ1n) is 9.17. The Bertz CT molecular complexity index is 832. The molecule has 0 unspecified atom stereocenters. The quantitative estimate of drug-likeness (QED) is 0.409. The van der Waals surface area contributed by atoms with Gasteiger partial charge in [-0.15, -0.1) is 16.4 Å². The number of hydrazine groups is 2. The van der Waals surface area contributed by atoms with Crippen molar-refractivity contribution in [3.05, 3.63) is 40.8 Å². The van der Waals surface area contributed by atoms with Crippen LogP contribution >= 0.6 is 0 Å². The Hall–Kier alpha value is -3.29. The summed E-state index contributed by atoms with van der Waals surface area (Å²) >= 11 is 0. The maximum Gasteiger partial charge on any atom is 0.345 e. The van der Waals surface area contributed by atoms with Crippen LogP contribution in [0.5, 0.6) is 0 Å². The largest absolute Gasteiger partial charge is 0.465 e. The van der Waals surface area contributed by atoms with Crippen LogP contribution in [-0.4, -0.2) is 61.4 Å². The van der Waals surface area contributed by atoms with Gasteiger partial charge in [-0.3, -0.25) is 14.6 Å². The van der Waals surface area contributed by atoms with Gasteiger partial charge in [0, 0.05) is 20.5 Å². The number of Topliss-reactive ketones (excluding diaryl/α,β-unsaturated/α-hetero) is 1. The smallest absolute Gasteiger partial charge is 0.345 e. The van der Waals surface area contributed by atoms with E-state index in [0.29, 0.717) is 11.9 Å². The van der Waals surface area contributed by atoms with Gasteiger partial charge in [0.05, 0.1) is 12.8 Å². The van der Waals surface area contributed by atoms with Crippen LogP contribution in [0.4, 0.5) is 0 Å². The van der Waals surface area contributed by atoms with E-state index in [2.05, 4.69) is 26.1 Å². The fourth-order valence-corrected chi connectivity index (χ4v) is 2.43. The van der Waals surface area contributed by atoms with Crippen molar-refractivity contribution < 1.29 is 19.1 Å². The Balaban J connectivity index is 0.00000204. The minimum atomic E-state index is -0.477. The first-order valence-corrected chi connectivity index (χ1v) is 9.17. The molecule has 156 valence electrons. The predicted octanol–water partition coefficient (Wildman–Crippen LogP) is 1.57. The van der Waals surface area contributed by atoms with Gasteiger partial charge in [0.25, 0.3) is 0 Å². The summed E-state index contributed by atoms with van der Waals surface area (Å²) in [6, 6.07) is 0. The highest BCUT2D eigenvalue weighted by Gasteiger charge is 2.20. The molecular weight excluding hydrogens is 374 g/mol. The molecule has 0 amide bonds. The number of allylic oxidation sites excluding steroid dienone is 3. The van der Waals surface area contributed by atoms with E-state index in [1.807, 2.05) is 20.8 Å². The Morgan fingerprint density at radius 1 is 1.31 bits per heavy atom. The van der Waals surface area contributed by atoms with Gasteiger partial charge in [0.2, 0.25) is 0 Å². The number of hydrazone groups is 1. The highest BCUT2D eigenvalue weighted by molar-refractivity contribution is 6.45. The first-order chi connectivity index (χ1) is 13.8. The molecule has 2 aliphatic rings. The summed E-state index contributed by atoms with van der Waals surface area (Å²) in [4.78, 5) is 39.6. The second kappa shape index (κ2) is 11.5. The molecule has 1 heterocycles. The minimum absolute atomic E-state index is 0.108. The summed E-state index contributed by atoms with van der Waals surface area (Å²) in [7, 11) is 4.55. The van der Waals surface area contributed by atoms with E-state index in [0.717, 1.165) is 5.57 Å². The van der Waals surface area contributed by atoms with Gasteiger partial charge in [-0.25, -0.2) is 14.9 Å². The fraction of sp³-hybridized carbons (Fsp3) is 0.400. The van der Waals surface area contributed by atoms with E-state index in [1.165, 1.54) is 29.7 Å². The average Bonchev–Trinajstić information content (AvgIpc) is 3.22. The molecule has 0 radical (unpaired) electrons. The summed E-state index contributed by atoms with van der Waals surface area (Å²) in [5.41, 5.74) is 7.12. The van der Waals surface area contributed by atoms with E-state index in [9.17, 15) is 14.4 Å². The summed E-state index contributed by atoms with van der Waals surface area (Å²) in [5.74, 6) is -0.940. The molecule has 0 saturated carbocycles. The van der Waals surface area contributed by atoms with Crippen LogP contribution in [0.3, 0.4) is 0 Å². The highest BCUT2D eigenvalue weighted by Crippen LogP contribution is 2.22. The molecule has 29 heavy (non-hydrogen) atoms. The third-order valence-corrected chi connectivity index (χ3v) is 3.93. The molecule has 1 atom stereocenters. The van der Waals surface area contributed by atoms with Crippen molar-refractivity contribution in [1.29, 1.82) is 0 Å². The topological polar surface area (TPSA) is 104 Å². The highest BCUT2D eigenvalue weighted by atomic mass is 16.5. The standard InChI is InChI=1S/C18H21N5O4.C2H6/c1-12(13-5-6-14(8-13)18(26)27-4)7-17(25)16-9-15(10-24)22(2)21-23(3)20-11-19-16;1-2/h5-6,9-12,21H,7H2,1-4H3;1-2H3/b15-9-,19-16+,20-11+;/t12-;/m1./s1. The number of rotatable bonds is 6. The monoisotopic (exact) mass is 401 g/mol. The van der Waals surface area contributed by atoms with Crippen LogP contribution in [-0.2, 0) is 19.1 Å². The summed E-state index contributed by atoms with van der Waals surface area (Å²) in [5, 5.41) is 6.75. The Morgan fingerprint density at radius 2 is 2.00 bits per heavy atom. The number of aliphatic imine (C=N–C) groups is 1. The van der Waals surface area contributed by atoms with Crippen molar-refractivity contribution in [2.24, 2.45) is 16.0 Å². The summed E-state index contributed by atoms with van der Waals surface area (Å²) < 4.78 is 4.66. The number of ether oxygens (including phenoxy) is 1. The normalized spacial score (nSPS) is 21.4. The van der Waals surface area contributed by atoms with Crippen molar-refractivity contribution in [1.82, 2.24) is 15.7 Å². The molecule has 1 aliphatic carbocycles. The number of ketones is 1. The van der Waals surface area contributed by atoms with Crippen molar-refractivity contribution in [2.45, 2.75) is 27.2 Å². The van der Waals surface area contributed by atoms with Crippen molar-refractivity contribution >= 4 is 30.1 Å². The van der Waals surface area contributed by atoms with Crippen LogP contribution in [0.25, 0.3) is 0 Å². The van der Waals surface area contributed by atoms with Gasteiger partial charge in [0.1, 0.15) is 17.6 Å². The zero-order valence-electron chi connectivity index (χ0n) is 17.6. The van der Waals surface area contributed by atoms with E-state index in [-0.39, 0.29) is 29.5 Å². The second-order valence-electron chi connectivity index (χ2n) is 5.96. The number of esters is 1. The third-order valence-electron chi connectivity index (χ3n) is 3.93. The first kappa shape index (κ1) is 23.7. The van der Waals surface area contributed by atoms with E-state index < -0.39 is 5.97 Å². The average molecular weight is 401 g/mol. The molecule has 9 nitrogen and oxygen atoms in total. The molecule has 0 spiro atoms. The molecule has 2 rings (SSSR count). The molecule has 1 aliphatic heterocycles. The molecule has 0 saturated heterocycles. The Labute approximate surface area is 170 Å². The van der Waals surface area contributed by atoms with Crippen molar-refractivity contribution in [3.8, 4) is 0 Å². The molecule has 1 N–H and O–H groups in total. The van der Waals surface area contributed by atoms with E-state index in [4.69, 9.17) is 0 Å². The molecule has 0 aromatic rings. The number of methoxy groups -OCH3 is 1. The molecular formula is C20H27N5O4. The lowest BCUT2D eigenvalue weighted by Crippen LogP contribution is -2.43. The number of carbonyl (C=O) groups is 3. The Kier molecular flexibility index (Phi) is 9.44. The van der Waals surface area contributed by atoms with Gasteiger partial charge in [0.15, 0.2) is 12.1 Å². The van der Waals surface area contributed by atoms with Crippen molar-refractivity contribution in [3.63, 3.8) is 0 Å². The number of aldehydes is 1. The molecule has 0 aromatic carbocycles. The number of nitrogens with zero attached hydrogens (tertiary/aromatic N) is 4. The Morgan fingerprint density at radius 3 is 2.62 bits per heavy atom. The van der Waals surface area contributed by atoms with Crippen LogP contribution < -0.4 is 5.53 Å². The predicted molar refractivity (Wildman–Crippen MR) is 111 cm³/mol. The summed E-state index contributed by atoms with van der Waals surface area (Å²) in [6.45, 7) is 5.85. The number of likely N-dealkylation sites (N-methyl/N-ethyl adjacent to an activating group) is 1. The number of hydrogen-bond donors (Lipinski definition) is 1. The molecule has 9 heteroatoms. The zero-order valence-corrected chi connectivity index (χ0v) is 17.6. The van der Waals surface area contributed by atoms with E-state index in [1.54, 1.807) is 26.2 Å². The van der Waals surface area contributed by atoms with Gasteiger partial charge < -0.3 is 4.74 Å². The lowest BCUT2D eigenvalue weighted by Gasteiger charge is -2.24. The molecule has 0 fully saturated rings. The summed E-state index contributed by atoms with van der Waals surface area (Å²) in [6.07, 6.45) is 6.71. The third kappa shape index (κ3) is 6.67. The zero-order chi connectivity index (χ0) is 22.0. The van der Waals surface area contributed by atoms with Gasteiger partial charge in [-0.1, -0.05) is 20.8 Å². The SMILES string of the molecule is CC.COC(=O)C1=C=C([C@H](C)CC(=O)C2=N/C=N/N(C)NN(C)/C(C=O)=C\2)C=C1.